The Morgan fingerprint density at radius 1 is 1.19 bits per heavy atom. The van der Waals surface area contributed by atoms with Crippen LogP contribution in [0.25, 0.3) is 11.0 Å². The van der Waals surface area contributed by atoms with Gasteiger partial charge in [0, 0.05) is 17.6 Å². The van der Waals surface area contributed by atoms with Crippen LogP contribution in [0.3, 0.4) is 0 Å². The standard InChI is InChI=1S/C17H15NO3/c1-11-3-2-4-14(7-11)18-10-12-5-6-15-13(8-12)9-16(21-15)17(19)20/h2-9,18H,10H2,1H3,(H,19,20). The number of hydrogen-bond acceptors (Lipinski definition) is 3. The summed E-state index contributed by atoms with van der Waals surface area (Å²) in [6.07, 6.45) is 0. The van der Waals surface area contributed by atoms with Crippen LogP contribution in [0.1, 0.15) is 21.7 Å². The third-order valence-electron chi connectivity index (χ3n) is 3.31. The number of hydrogen-bond donors (Lipinski definition) is 2. The van der Waals surface area contributed by atoms with Gasteiger partial charge in [-0.25, -0.2) is 4.79 Å². The molecule has 0 amide bonds. The number of fused-ring (bicyclic) bond motifs is 1. The largest absolute Gasteiger partial charge is 0.475 e. The number of furan rings is 1. The summed E-state index contributed by atoms with van der Waals surface area (Å²) < 4.78 is 5.24. The average molecular weight is 281 g/mol. The second-order valence-corrected chi connectivity index (χ2v) is 5.01. The third-order valence-corrected chi connectivity index (χ3v) is 3.31. The number of anilines is 1. The van der Waals surface area contributed by atoms with E-state index in [1.807, 2.05) is 24.3 Å². The van der Waals surface area contributed by atoms with Crippen LogP contribution >= 0.6 is 0 Å². The number of rotatable bonds is 4. The van der Waals surface area contributed by atoms with E-state index < -0.39 is 5.97 Å². The molecule has 0 bridgehead atoms. The van der Waals surface area contributed by atoms with Gasteiger partial charge >= 0.3 is 5.97 Å². The van der Waals surface area contributed by atoms with Gasteiger partial charge in [-0.15, -0.1) is 0 Å². The summed E-state index contributed by atoms with van der Waals surface area (Å²) in [5, 5.41) is 13.1. The zero-order chi connectivity index (χ0) is 14.8. The van der Waals surface area contributed by atoms with Crippen LogP contribution in [-0.4, -0.2) is 11.1 Å². The highest BCUT2D eigenvalue weighted by atomic mass is 16.4. The van der Waals surface area contributed by atoms with Crippen LogP contribution < -0.4 is 5.32 Å². The Morgan fingerprint density at radius 3 is 2.81 bits per heavy atom. The number of carboxylic acids is 1. The zero-order valence-electron chi connectivity index (χ0n) is 11.6. The van der Waals surface area contributed by atoms with Gasteiger partial charge in [-0.3, -0.25) is 0 Å². The van der Waals surface area contributed by atoms with Gasteiger partial charge in [0.1, 0.15) is 5.58 Å². The van der Waals surface area contributed by atoms with Gasteiger partial charge in [0.15, 0.2) is 0 Å². The molecule has 0 saturated carbocycles. The van der Waals surface area contributed by atoms with Crippen molar-refractivity contribution in [2.45, 2.75) is 13.5 Å². The Balaban J connectivity index is 1.79. The van der Waals surface area contributed by atoms with E-state index >= 15 is 0 Å². The first-order chi connectivity index (χ1) is 10.1. The molecule has 0 aliphatic carbocycles. The molecule has 3 rings (SSSR count). The number of benzene rings is 2. The van der Waals surface area contributed by atoms with Gasteiger partial charge in [0.05, 0.1) is 0 Å². The zero-order valence-corrected chi connectivity index (χ0v) is 11.6. The van der Waals surface area contributed by atoms with E-state index in [-0.39, 0.29) is 5.76 Å². The van der Waals surface area contributed by atoms with Gasteiger partial charge in [0.25, 0.3) is 0 Å². The van der Waals surface area contributed by atoms with Crippen molar-refractivity contribution in [3.05, 3.63) is 65.4 Å². The van der Waals surface area contributed by atoms with Gasteiger partial charge in [0.2, 0.25) is 5.76 Å². The van der Waals surface area contributed by atoms with Gasteiger partial charge < -0.3 is 14.8 Å². The Morgan fingerprint density at radius 2 is 2.05 bits per heavy atom. The van der Waals surface area contributed by atoms with Crippen LogP contribution in [0.15, 0.2) is 52.9 Å². The second kappa shape index (κ2) is 5.32. The molecule has 0 fully saturated rings. The molecular weight excluding hydrogens is 266 g/mol. The fraction of sp³-hybridized carbons (Fsp3) is 0.118. The fourth-order valence-corrected chi connectivity index (χ4v) is 2.27. The molecule has 0 aliphatic heterocycles. The molecule has 2 N–H and O–H groups in total. The summed E-state index contributed by atoms with van der Waals surface area (Å²) in [5.74, 6) is -1.08. The lowest BCUT2D eigenvalue weighted by Crippen LogP contribution is -1.99. The highest BCUT2D eigenvalue weighted by molar-refractivity contribution is 5.91. The predicted octanol–water partition coefficient (Wildman–Crippen LogP) is 4.05. The maximum atomic E-state index is 10.9. The van der Waals surface area contributed by atoms with Crippen molar-refractivity contribution in [2.24, 2.45) is 0 Å². The summed E-state index contributed by atoms with van der Waals surface area (Å²) in [6.45, 7) is 2.73. The van der Waals surface area contributed by atoms with E-state index in [1.54, 1.807) is 12.1 Å². The van der Waals surface area contributed by atoms with E-state index in [4.69, 9.17) is 9.52 Å². The molecule has 1 heterocycles. The molecular formula is C17H15NO3. The van der Waals surface area contributed by atoms with E-state index in [9.17, 15) is 4.79 Å². The summed E-state index contributed by atoms with van der Waals surface area (Å²) in [4.78, 5) is 10.9. The predicted molar refractivity (Wildman–Crippen MR) is 81.7 cm³/mol. The first kappa shape index (κ1) is 13.2. The molecule has 0 radical (unpaired) electrons. The fourth-order valence-electron chi connectivity index (χ4n) is 2.27. The number of aryl methyl sites for hydroxylation is 1. The minimum Gasteiger partial charge on any atom is -0.475 e. The number of aromatic carboxylic acids is 1. The molecule has 21 heavy (non-hydrogen) atoms. The maximum Gasteiger partial charge on any atom is 0.371 e. The molecule has 3 aromatic rings. The minimum absolute atomic E-state index is 0.0335. The summed E-state index contributed by atoms with van der Waals surface area (Å²) in [5.41, 5.74) is 3.93. The topological polar surface area (TPSA) is 62.5 Å². The van der Waals surface area contributed by atoms with E-state index in [0.717, 1.165) is 16.6 Å². The smallest absolute Gasteiger partial charge is 0.371 e. The monoisotopic (exact) mass is 281 g/mol. The Labute approximate surface area is 122 Å². The van der Waals surface area contributed by atoms with Crippen LogP contribution in [0.4, 0.5) is 5.69 Å². The molecule has 2 aromatic carbocycles. The van der Waals surface area contributed by atoms with Crippen molar-refractivity contribution in [3.8, 4) is 0 Å². The molecule has 0 aliphatic rings. The lowest BCUT2D eigenvalue weighted by Gasteiger charge is -2.07. The number of nitrogens with one attached hydrogen (secondary N) is 1. The van der Waals surface area contributed by atoms with Crippen molar-refractivity contribution in [2.75, 3.05) is 5.32 Å². The Kier molecular flexibility index (Phi) is 3.36. The first-order valence-electron chi connectivity index (χ1n) is 6.68. The maximum absolute atomic E-state index is 10.9. The minimum atomic E-state index is -1.05. The van der Waals surface area contributed by atoms with E-state index in [2.05, 4.69) is 24.4 Å². The molecule has 0 saturated heterocycles. The van der Waals surface area contributed by atoms with Gasteiger partial charge in [-0.1, -0.05) is 18.2 Å². The second-order valence-electron chi connectivity index (χ2n) is 5.01. The molecule has 1 aromatic heterocycles. The van der Waals surface area contributed by atoms with Gasteiger partial charge in [-0.05, 0) is 48.4 Å². The lowest BCUT2D eigenvalue weighted by molar-refractivity contribution is 0.0665. The van der Waals surface area contributed by atoms with Gasteiger partial charge in [-0.2, -0.15) is 0 Å². The van der Waals surface area contributed by atoms with Crippen LogP contribution in [0, 0.1) is 6.92 Å². The highest BCUT2D eigenvalue weighted by Gasteiger charge is 2.10. The summed E-state index contributed by atoms with van der Waals surface area (Å²) in [6, 6.07) is 15.4. The number of carbonyl (C=O) groups is 1. The first-order valence-corrected chi connectivity index (χ1v) is 6.68. The van der Waals surface area contributed by atoms with Crippen molar-refractivity contribution >= 4 is 22.6 Å². The van der Waals surface area contributed by atoms with Crippen molar-refractivity contribution < 1.29 is 14.3 Å². The van der Waals surface area contributed by atoms with Crippen molar-refractivity contribution in [3.63, 3.8) is 0 Å². The van der Waals surface area contributed by atoms with E-state index in [1.165, 1.54) is 5.56 Å². The van der Waals surface area contributed by atoms with Crippen LogP contribution in [0.2, 0.25) is 0 Å². The molecule has 0 unspecified atom stereocenters. The number of carboxylic acid groups (broad SMARTS) is 1. The summed E-state index contributed by atoms with van der Waals surface area (Å²) >= 11 is 0. The van der Waals surface area contributed by atoms with Crippen molar-refractivity contribution in [1.29, 1.82) is 0 Å². The average Bonchev–Trinajstić information content (AvgIpc) is 2.88. The van der Waals surface area contributed by atoms with E-state index in [0.29, 0.717) is 12.1 Å². The molecule has 106 valence electrons. The SMILES string of the molecule is Cc1cccc(NCc2ccc3oc(C(=O)O)cc3c2)c1. The lowest BCUT2D eigenvalue weighted by atomic mass is 10.1. The quantitative estimate of drug-likeness (QED) is 0.757. The molecule has 4 heteroatoms. The highest BCUT2D eigenvalue weighted by Crippen LogP contribution is 2.21. The third kappa shape index (κ3) is 2.89. The normalized spacial score (nSPS) is 10.7. The summed E-state index contributed by atoms with van der Waals surface area (Å²) in [7, 11) is 0. The Bertz CT molecular complexity index is 805. The Hall–Kier alpha value is -2.75. The molecule has 0 spiro atoms. The van der Waals surface area contributed by atoms with Crippen molar-refractivity contribution in [1.82, 2.24) is 0 Å². The molecule has 4 nitrogen and oxygen atoms in total. The van der Waals surface area contributed by atoms with Crippen LogP contribution in [-0.2, 0) is 6.54 Å². The molecule has 0 atom stereocenters. The van der Waals surface area contributed by atoms with Crippen LogP contribution in [0.5, 0.6) is 0 Å².